The lowest BCUT2D eigenvalue weighted by atomic mass is 10.0. The fraction of sp³-hybridized carbons (Fsp3) is 0.556. The van der Waals surface area contributed by atoms with Crippen molar-refractivity contribution in [3.05, 3.63) is 12.7 Å². The molecule has 0 aliphatic heterocycles. The van der Waals surface area contributed by atoms with Crippen molar-refractivity contribution in [1.82, 2.24) is 0 Å². The van der Waals surface area contributed by atoms with Gasteiger partial charge in [0.25, 0.3) is 0 Å². The fourth-order valence-electron chi connectivity index (χ4n) is 0.975. The Bertz CT molecular complexity index is 228. The molecular formula is C9H16N2O3. The highest BCUT2D eigenvalue weighted by Gasteiger charge is 2.13. The molecule has 0 aliphatic carbocycles. The van der Waals surface area contributed by atoms with Crippen molar-refractivity contribution in [2.45, 2.75) is 31.3 Å². The van der Waals surface area contributed by atoms with Crippen molar-refractivity contribution in [3.63, 3.8) is 0 Å². The molecule has 0 fully saturated rings. The second-order valence-corrected chi connectivity index (χ2v) is 3.09. The zero-order valence-electron chi connectivity index (χ0n) is 7.98. The molecule has 1 unspecified atom stereocenters. The lowest BCUT2D eigenvalue weighted by Crippen LogP contribution is -2.32. The summed E-state index contributed by atoms with van der Waals surface area (Å²) in [4.78, 5) is 21.3. The van der Waals surface area contributed by atoms with Crippen LogP contribution in [0.2, 0.25) is 0 Å². The van der Waals surface area contributed by atoms with Crippen LogP contribution in [0.15, 0.2) is 12.7 Å². The third-order valence-electron chi connectivity index (χ3n) is 1.91. The lowest BCUT2D eigenvalue weighted by Gasteiger charge is -2.09. The first-order chi connectivity index (χ1) is 6.49. The largest absolute Gasteiger partial charge is 0.480 e. The number of carbonyl (C=O) groups is 2. The first-order valence-electron chi connectivity index (χ1n) is 4.39. The van der Waals surface area contributed by atoms with Crippen molar-refractivity contribution >= 4 is 11.8 Å². The van der Waals surface area contributed by atoms with Crippen LogP contribution in [0.3, 0.4) is 0 Å². The predicted molar refractivity (Wildman–Crippen MR) is 52.6 cm³/mol. The van der Waals surface area contributed by atoms with E-state index >= 15 is 0 Å². The van der Waals surface area contributed by atoms with Gasteiger partial charge in [-0.05, 0) is 25.3 Å². The third-order valence-corrected chi connectivity index (χ3v) is 1.91. The van der Waals surface area contributed by atoms with E-state index < -0.39 is 18.1 Å². The average Bonchev–Trinajstić information content (AvgIpc) is 2.15. The molecule has 0 spiro atoms. The highest BCUT2D eigenvalue weighted by molar-refractivity contribution is 5.93. The second kappa shape index (κ2) is 6.28. The molecule has 5 nitrogen and oxygen atoms in total. The molecule has 0 aromatic heterocycles. The standard InChI is InChI=1S/C9H16N2O3/c1-2-8(12)6(10)4-3-5-7(11)9(13)14/h2,6-7H,1,3-5,10-11H2,(H,13,14)/t6?,7-/m1/s1. The smallest absolute Gasteiger partial charge is 0.320 e. The van der Waals surface area contributed by atoms with Gasteiger partial charge in [-0.15, -0.1) is 0 Å². The summed E-state index contributed by atoms with van der Waals surface area (Å²) in [6.45, 7) is 3.30. The third kappa shape index (κ3) is 4.74. The molecule has 80 valence electrons. The van der Waals surface area contributed by atoms with Crippen LogP contribution >= 0.6 is 0 Å². The quantitative estimate of drug-likeness (QED) is 0.487. The molecule has 14 heavy (non-hydrogen) atoms. The van der Waals surface area contributed by atoms with Crippen LogP contribution in [0.1, 0.15) is 19.3 Å². The first kappa shape index (κ1) is 12.8. The van der Waals surface area contributed by atoms with Gasteiger partial charge < -0.3 is 16.6 Å². The monoisotopic (exact) mass is 200 g/mol. The normalized spacial score (nSPS) is 14.4. The maximum absolute atomic E-state index is 10.9. The Balaban J connectivity index is 3.69. The molecule has 0 rings (SSSR count). The number of ketones is 1. The van der Waals surface area contributed by atoms with E-state index in [-0.39, 0.29) is 5.78 Å². The summed E-state index contributed by atoms with van der Waals surface area (Å²) < 4.78 is 0. The Hall–Kier alpha value is -1.20. The van der Waals surface area contributed by atoms with Crippen molar-refractivity contribution in [1.29, 1.82) is 0 Å². The Morgan fingerprint density at radius 3 is 2.21 bits per heavy atom. The van der Waals surface area contributed by atoms with Crippen LogP contribution in [0, 0.1) is 0 Å². The van der Waals surface area contributed by atoms with E-state index in [1.807, 2.05) is 0 Å². The number of rotatable bonds is 7. The van der Waals surface area contributed by atoms with Crippen LogP contribution < -0.4 is 11.5 Å². The van der Waals surface area contributed by atoms with Crippen molar-refractivity contribution < 1.29 is 14.7 Å². The van der Waals surface area contributed by atoms with Gasteiger partial charge in [-0.1, -0.05) is 6.58 Å². The number of carboxylic acid groups (broad SMARTS) is 1. The van der Waals surface area contributed by atoms with E-state index in [9.17, 15) is 9.59 Å². The topological polar surface area (TPSA) is 106 Å². The van der Waals surface area contributed by atoms with E-state index in [1.165, 1.54) is 6.08 Å². The van der Waals surface area contributed by atoms with Crippen LogP contribution in [0.5, 0.6) is 0 Å². The molecule has 0 aromatic carbocycles. The SMILES string of the molecule is C=CC(=O)C(N)CCC[C@@H](N)C(=O)O. The second-order valence-electron chi connectivity index (χ2n) is 3.09. The number of aliphatic carboxylic acids is 1. The minimum atomic E-state index is -1.03. The van der Waals surface area contributed by atoms with E-state index in [2.05, 4.69) is 6.58 Å². The zero-order valence-corrected chi connectivity index (χ0v) is 7.98. The lowest BCUT2D eigenvalue weighted by molar-refractivity contribution is -0.138. The van der Waals surface area contributed by atoms with Gasteiger partial charge in [-0.25, -0.2) is 0 Å². The van der Waals surface area contributed by atoms with Gasteiger partial charge in [-0.3, -0.25) is 9.59 Å². The number of carbonyl (C=O) groups excluding carboxylic acids is 1. The maximum atomic E-state index is 10.9. The number of nitrogens with two attached hydrogens (primary N) is 2. The summed E-state index contributed by atoms with van der Waals surface area (Å²) in [7, 11) is 0. The average molecular weight is 200 g/mol. The molecule has 0 aromatic rings. The minimum absolute atomic E-state index is 0.228. The summed E-state index contributed by atoms with van der Waals surface area (Å²) in [5.74, 6) is -1.26. The highest BCUT2D eigenvalue weighted by atomic mass is 16.4. The molecule has 0 aliphatic rings. The molecule has 0 saturated carbocycles. The van der Waals surface area contributed by atoms with Gasteiger partial charge in [0.1, 0.15) is 6.04 Å². The Labute approximate surface area is 82.8 Å². The molecule has 0 heterocycles. The molecule has 5 heteroatoms. The van der Waals surface area contributed by atoms with Crippen LogP contribution in [-0.4, -0.2) is 28.9 Å². The summed E-state index contributed by atoms with van der Waals surface area (Å²) >= 11 is 0. The summed E-state index contributed by atoms with van der Waals surface area (Å²) in [5, 5.41) is 8.46. The van der Waals surface area contributed by atoms with Crippen LogP contribution in [0.25, 0.3) is 0 Å². The fourth-order valence-corrected chi connectivity index (χ4v) is 0.975. The Kier molecular flexibility index (Phi) is 5.74. The zero-order chi connectivity index (χ0) is 11.1. The van der Waals surface area contributed by atoms with Gasteiger partial charge in [0, 0.05) is 0 Å². The molecule has 0 radical (unpaired) electrons. The van der Waals surface area contributed by atoms with Crippen molar-refractivity contribution in [3.8, 4) is 0 Å². The predicted octanol–water partition coefficient (Wildman–Crippen LogP) is -0.349. The van der Waals surface area contributed by atoms with Crippen molar-refractivity contribution in [2.75, 3.05) is 0 Å². The number of carboxylic acids is 1. The van der Waals surface area contributed by atoms with E-state index in [4.69, 9.17) is 16.6 Å². The Morgan fingerprint density at radius 1 is 1.29 bits per heavy atom. The first-order valence-corrected chi connectivity index (χ1v) is 4.39. The van der Waals surface area contributed by atoms with Gasteiger partial charge in [0.2, 0.25) is 0 Å². The molecule has 0 saturated heterocycles. The maximum Gasteiger partial charge on any atom is 0.320 e. The molecular weight excluding hydrogens is 184 g/mol. The summed E-state index contributed by atoms with van der Waals surface area (Å²) in [5.41, 5.74) is 10.7. The van der Waals surface area contributed by atoms with E-state index in [0.29, 0.717) is 19.3 Å². The van der Waals surface area contributed by atoms with Gasteiger partial charge in [0.05, 0.1) is 6.04 Å². The van der Waals surface area contributed by atoms with Gasteiger partial charge in [0.15, 0.2) is 5.78 Å². The number of hydrogen-bond acceptors (Lipinski definition) is 4. The van der Waals surface area contributed by atoms with Crippen LogP contribution in [0.4, 0.5) is 0 Å². The number of hydrogen-bond donors (Lipinski definition) is 3. The summed E-state index contributed by atoms with van der Waals surface area (Å²) in [6, 6.07) is -1.46. The van der Waals surface area contributed by atoms with E-state index in [0.717, 1.165) is 0 Å². The highest BCUT2D eigenvalue weighted by Crippen LogP contribution is 2.03. The molecule has 5 N–H and O–H groups in total. The minimum Gasteiger partial charge on any atom is -0.480 e. The summed E-state index contributed by atoms with van der Waals surface area (Å²) in [6.07, 6.45) is 2.45. The van der Waals surface area contributed by atoms with E-state index in [1.54, 1.807) is 0 Å². The van der Waals surface area contributed by atoms with Crippen molar-refractivity contribution in [2.24, 2.45) is 11.5 Å². The van der Waals surface area contributed by atoms with Crippen LogP contribution in [-0.2, 0) is 9.59 Å². The van der Waals surface area contributed by atoms with Gasteiger partial charge in [-0.2, -0.15) is 0 Å². The van der Waals surface area contributed by atoms with Gasteiger partial charge >= 0.3 is 5.97 Å². The molecule has 0 bridgehead atoms. The molecule has 0 amide bonds. The molecule has 2 atom stereocenters. The Morgan fingerprint density at radius 2 is 1.79 bits per heavy atom.